The van der Waals surface area contributed by atoms with E-state index < -0.39 is 0 Å². The van der Waals surface area contributed by atoms with Crippen molar-refractivity contribution in [3.8, 4) is 0 Å². The van der Waals surface area contributed by atoms with Crippen molar-refractivity contribution in [1.82, 2.24) is 15.3 Å². The Morgan fingerprint density at radius 3 is 2.58 bits per heavy atom. The molecule has 0 aliphatic heterocycles. The zero-order valence-electron chi connectivity index (χ0n) is 12.0. The molecule has 2 rings (SSSR count). The van der Waals surface area contributed by atoms with E-state index in [1.807, 2.05) is 19.9 Å². The summed E-state index contributed by atoms with van der Waals surface area (Å²) in [5, 5.41) is 6.13. The molecular weight excluding hydrogens is 240 g/mol. The zero-order valence-corrected chi connectivity index (χ0v) is 12.0. The van der Waals surface area contributed by atoms with Crippen molar-refractivity contribution in [3.05, 3.63) is 17.6 Å². The van der Waals surface area contributed by atoms with Crippen LogP contribution >= 0.6 is 0 Å². The smallest absolute Gasteiger partial charge is 0.242 e. The molecule has 1 aromatic heterocycles. The van der Waals surface area contributed by atoms with E-state index in [0.29, 0.717) is 6.04 Å². The van der Waals surface area contributed by atoms with Gasteiger partial charge in [-0.15, -0.1) is 0 Å². The van der Waals surface area contributed by atoms with Crippen LogP contribution in [0.1, 0.15) is 51.0 Å². The number of rotatable bonds is 5. The van der Waals surface area contributed by atoms with Crippen molar-refractivity contribution >= 4 is 11.7 Å². The van der Waals surface area contributed by atoms with Gasteiger partial charge in [0.05, 0.1) is 0 Å². The van der Waals surface area contributed by atoms with Gasteiger partial charge in [0, 0.05) is 23.7 Å². The van der Waals surface area contributed by atoms with Crippen molar-refractivity contribution in [2.45, 2.75) is 58.5 Å². The summed E-state index contributed by atoms with van der Waals surface area (Å²) in [6.07, 6.45) is 2.20. The molecule has 1 fully saturated rings. The van der Waals surface area contributed by atoms with Crippen LogP contribution in [0.4, 0.5) is 5.82 Å². The number of carbonyl (C=O) groups excluding carboxylic acids is 1. The van der Waals surface area contributed by atoms with Crippen molar-refractivity contribution in [1.29, 1.82) is 0 Å². The maximum absolute atomic E-state index is 11.9. The number of amides is 1. The van der Waals surface area contributed by atoms with Crippen LogP contribution in [0.2, 0.25) is 0 Å². The van der Waals surface area contributed by atoms with E-state index in [1.54, 1.807) is 0 Å². The fourth-order valence-electron chi connectivity index (χ4n) is 1.76. The molecule has 2 N–H and O–H groups in total. The third kappa shape index (κ3) is 3.91. The molecule has 0 saturated heterocycles. The van der Waals surface area contributed by atoms with Gasteiger partial charge in [-0.1, -0.05) is 13.8 Å². The molecule has 1 aliphatic carbocycles. The molecule has 1 atom stereocenters. The summed E-state index contributed by atoms with van der Waals surface area (Å²) in [7, 11) is 0. The predicted molar refractivity (Wildman–Crippen MR) is 75.1 cm³/mol. The lowest BCUT2D eigenvalue weighted by atomic mass is 10.2. The Hall–Kier alpha value is -1.65. The van der Waals surface area contributed by atoms with E-state index in [-0.39, 0.29) is 17.9 Å². The fraction of sp³-hybridized carbons (Fsp3) is 0.643. The third-order valence-electron chi connectivity index (χ3n) is 3.07. The Balaban J connectivity index is 2.02. The van der Waals surface area contributed by atoms with Crippen LogP contribution in [-0.2, 0) is 4.79 Å². The molecule has 1 saturated carbocycles. The van der Waals surface area contributed by atoms with E-state index in [2.05, 4.69) is 34.4 Å². The van der Waals surface area contributed by atoms with Crippen LogP contribution in [0.3, 0.4) is 0 Å². The first-order valence-electron chi connectivity index (χ1n) is 6.88. The molecular formula is C14H22N4O. The highest BCUT2D eigenvalue weighted by molar-refractivity contribution is 5.84. The molecule has 1 unspecified atom stereocenters. The number of carbonyl (C=O) groups is 1. The van der Waals surface area contributed by atoms with Gasteiger partial charge in [0.15, 0.2) is 0 Å². The number of aromatic nitrogens is 2. The Morgan fingerprint density at radius 2 is 2.00 bits per heavy atom. The summed E-state index contributed by atoms with van der Waals surface area (Å²) < 4.78 is 0. The Labute approximate surface area is 114 Å². The van der Waals surface area contributed by atoms with E-state index >= 15 is 0 Å². The number of nitrogens with one attached hydrogen (secondary N) is 2. The first-order chi connectivity index (χ1) is 8.95. The van der Waals surface area contributed by atoms with Gasteiger partial charge in [-0.2, -0.15) is 0 Å². The number of aryl methyl sites for hydroxylation is 1. The minimum absolute atomic E-state index is 0.0323. The second-order valence-corrected chi connectivity index (χ2v) is 5.56. The first kappa shape index (κ1) is 13.8. The van der Waals surface area contributed by atoms with Gasteiger partial charge < -0.3 is 10.6 Å². The monoisotopic (exact) mass is 262 g/mol. The minimum atomic E-state index is -0.282. The maximum Gasteiger partial charge on any atom is 0.242 e. The van der Waals surface area contributed by atoms with Crippen molar-refractivity contribution in [2.75, 3.05) is 5.32 Å². The molecule has 0 bridgehead atoms. The van der Waals surface area contributed by atoms with Crippen LogP contribution in [0.25, 0.3) is 0 Å². The van der Waals surface area contributed by atoms with Crippen molar-refractivity contribution in [3.63, 3.8) is 0 Å². The van der Waals surface area contributed by atoms with Crippen LogP contribution in [-0.4, -0.2) is 28.0 Å². The summed E-state index contributed by atoms with van der Waals surface area (Å²) in [6, 6.07) is 1.97. The first-order valence-corrected chi connectivity index (χ1v) is 6.88. The number of nitrogens with zero attached hydrogens (tertiary/aromatic N) is 2. The second kappa shape index (κ2) is 5.55. The van der Waals surface area contributed by atoms with Crippen LogP contribution in [0.15, 0.2) is 6.07 Å². The molecule has 1 amide bonds. The summed E-state index contributed by atoms with van der Waals surface area (Å²) in [5.41, 5.74) is 0.913. The summed E-state index contributed by atoms with van der Waals surface area (Å²) >= 11 is 0. The standard InChI is InChI=1S/C14H22N4O/c1-8(2)13-15-9(3)7-12(18-13)16-10(4)14(19)17-11-5-6-11/h7-8,10-11H,5-6H2,1-4H3,(H,17,19)(H,15,16,18). The Morgan fingerprint density at radius 1 is 1.32 bits per heavy atom. The van der Waals surface area contributed by atoms with Crippen LogP contribution in [0, 0.1) is 6.92 Å². The highest BCUT2D eigenvalue weighted by atomic mass is 16.2. The van der Waals surface area contributed by atoms with Gasteiger partial charge in [0.25, 0.3) is 0 Å². The molecule has 0 spiro atoms. The third-order valence-corrected chi connectivity index (χ3v) is 3.07. The molecule has 5 nitrogen and oxygen atoms in total. The van der Waals surface area contributed by atoms with Gasteiger partial charge in [-0.25, -0.2) is 9.97 Å². The fourth-order valence-corrected chi connectivity index (χ4v) is 1.76. The van der Waals surface area contributed by atoms with Crippen LogP contribution < -0.4 is 10.6 Å². The van der Waals surface area contributed by atoms with E-state index in [4.69, 9.17) is 0 Å². The molecule has 19 heavy (non-hydrogen) atoms. The minimum Gasteiger partial charge on any atom is -0.359 e. The molecule has 1 aromatic rings. The van der Waals surface area contributed by atoms with Crippen LogP contribution in [0.5, 0.6) is 0 Å². The summed E-state index contributed by atoms with van der Waals surface area (Å²) in [6.45, 7) is 7.90. The van der Waals surface area contributed by atoms with E-state index in [1.165, 1.54) is 0 Å². The SMILES string of the molecule is Cc1cc(NC(C)C(=O)NC2CC2)nc(C(C)C)n1. The second-order valence-electron chi connectivity index (χ2n) is 5.56. The van der Waals surface area contributed by atoms with Gasteiger partial charge in [-0.05, 0) is 26.7 Å². The molecule has 5 heteroatoms. The van der Waals surface area contributed by atoms with Gasteiger partial charge in [-0.3, -0.25) is 4.79 Å². The molecule has 0 aromatic carbocycles. The quantitative estimate of drug-likeness (QED) is 0.851. The molecule has 1 heterocycles. The van der Waals surface area contributed by atoms with Crippen molar-refractivity contribution < 1.29 is 4.79 Å². The normalized spacial score (nSPS) is 16.3. The number of anilines is 1. The highest BCUT2D eigenvalue weighted by Gasteiger charge is 2.25. The largest absolute Gasteiger partial charge is 0.359 e. The van der Waals surface area contributed by atoms with Gasteiger partial charge in [0.1, 0.15) is 17.7 Å². The lowest BCUT2D eigenvalue weighted by Gasteiger charge is -2.16. The molecule has 1 aliphatic rings. The average Bonchev–Trinajstić information content (AvgIpc) is 3.11. The lowest BCUT2D eigenvalue weighted by molar-refractivity contribution is -0.121. The van der Waals surface area contributed by atoms with E-state index in [0.717, 1.165) is 30.2 Å². The predicted octanol–water partition coefficient (Wildman–Crippen LogP) is 1.99. The zero-order chi connectivity index (χ0) is 14.0. The summed E-state index contributed by atoms with van der Waals surface area (Å²) in [4.78, 5) is 20.7. The lowest BCUT2D eigenvalue weighted by Crippen LogP contribution is -2.38. The Kier molecular flexibility index (Phi) is 4.02. The van der Waals surface area contributed by atoms with Crippen molar-refractivity contribution in [2.24, 2.45) is 0 Å². The maximum atomic E-state index is 11.9. The molecule has 0 radical (unpaired) electrons. The average molecular weight is 262 g/mol. The van der Waals surface area contributed by atoms with Gasteiger partial charge >= 0.3 is 0 Å². The summed E-state index contributed by atoms with van der Waals surface area (Å²) in [5.74, 6) is 1.83. The topological polar surface area (TPSA) is 66.9 Å². The van der Waals surface area contributed by atoms with Gasteiger partial charge in [0.2, 0.25) is 5.91 Å². The molecule has 104 valence electrons. The number of hydrogen-bond donors (Lipinski definition) is 2. The highest BCUT2D eigenvalue weighted by Crippen LogP contribution is 2.19. The van der Waals surface area contributed by atoms with E-state index in [9.17, 15) is 4.79 Å². The Bertz CT molecular complexity index is 469. The number of hydrogen-bond acceptors (Lipinski definition) is 4.